The van der Waals surface area contributed by atoms with Crippen LogP contribution >= 0.6 is 0 Å². The third-order valence-corrected chi connectivity index (χ3v) is 6.04. The number of carbonyl (C=O) groups is 1. The van der Waals surface area contributed by atoms with Crippen LogP contribution in [0.4, 0.5) is 0 Å². The Bertz CT molecular complexity index is 594. The normalized spacial score (nSPS) is 25.7. The summed E-state index contributed by atoms with van der Waals surface area (Å²) in [5.74, 6) is 1.43. The van der Waals surface area contributed by atoms with E-state index >= 15 is 0 Å². The fourth-order valence-electron chi connectivity index (χ4n) is 4.48. The summed E-state index contributed by atoms with van der Waals surface area (Å²) in [7, 11) is 0. The van der Waals surface area contributed by atoms with Crippen molar-refractivity contribution < 1.29 is 4.79 Å². The number of hydrogen-bond acceptors (Lipinski definition) is 3. The maximum absolute atomic E-state index is 12.4. The van der Waals surface area contributed by atoms with Gasteiger partial charge < -0.3 is 4.90 Å². The van der Waals surface area contributed by atoms with Gasteiger partial charge in [0.15, 0.2) is 0 Å². The van der Waals surface area contributed by atoms with Gasteiger partial charge in [0.05, 0.1) is 11.7 Å². The topological polar surface area (TPSA) is 51.0 Å². The molecule has 0 N–H and O–H groups in total. The first-order chi connectivity index (χ1) is 11.8. The van der Waals surface area contributed by atoms with Crippen LogP contribution in [0.15, 0.2) is 18.3 Å². The van der Waals surface area contributed by atoms with Crippen LogP contribution in [0.1, 0.15) is 75.4 Å². The van der Waals surface area contributed by atoms with Gasteiger partial charge in [0.25, 0.3) is 0 Å². The van der Waals surface area contributed by atoms with Crippen LogP contribution in [0, 0.1) is 5.92 Å². The van der Waals surface area contributed by atoms with Crippen molar-refractivity contribution in [2.45, 2.75) is 69.7 Å². The molecule has 1 saturated heterocycles. The molecule has 0 aromatic carbocycles. The zero-order valence-corrected chi connectivity index (χ0v) is 14.4. The van der Waals surface area contributed by atoms with E-state index in [4.69, 9.17) is 0 Å². The van der Waals surface area contributed by atoms with E-state index < -0.39 is 0 Å². The average Bonchev–Trinajstić information content (AvgIpc) is 3.36. The molecule has 1 aromatic heterocycles. The second kappa shape index (κ2) is 7.08. The van der Waals surface area contributed by atoms with Gasteiger partial charge in [-0.3, -0.25) is 4.79 Å². The quantitative estimate of drug-likeness (QED) is 0.795. The van der Waals surface area contributed by atoms with Gasteiger partial charge in [0, 0.05) is 31.6 Å². The van der Waals surface area contributed by atoms with Crippen LogP contribution in [-0.4, -0.2) is 38.9 Å². The van der Waals surface area contributed by atoms with Gasteiger partial charge in [-0.05, 0) is 44.4 Å². The third kappa shape index (κ3) is 3.40. The molecular formula is C19H28N4O. The fraction of sp³-hybridized carbons (Fsp3) is 0.737. The second-order valence-corrected chi connectivity index (χ2v) is 7.69. The highest BCUT2D eigenvalue weighted by Gasteiger charge is 2.27. The number of piperidine rings is 1. The molecule has 1 saturated carbocycles. The highest BCUT2D eigenvalue weighted by molar-refractivity contribution is 5.76. The Hall–Kier alpha value is -1.65. The molecule has 1 amide bonds. The highest BCUT2D eigenvalue weighted by atomic mass is 16.2. The van der Waals surface area contributed by atoms with Crippen LogP contribution in [0.5, 0.6) is 0 Å². The van der Waals surface area contributed by atoms with E-state index in [2.05, 4.69) is 38.2 Å². The zero-order chi connectivity index (χ0) is 16.4. The number of likely N-dealkylation sites (tertiary alicyclic amines) is 1. The SMILES string of the molecule is O=C(CC1C=CCC1)N1CCC(n2cc(C3CCCC3)nn2)CC1. The van der Waals surface area contributed by atoms with Crippen molar-refractivity contribution in [2.75, 3.05) is 13.1 Å². The second-order valence-electron chi connectivity index (χ2n) is 7.69. The molecule has 4 rings (SSSR count). The van der Waals surface area contributed by atoms with Crippen LogP contribution in [0.25, 0.3) is 0 Å². The Kier molecular flexibility index (Phi) is 4.67. The van der Waals surface area contributed by atoms with Crippen LogP contribution in [-0.2, 0) is 4.79 Å². The minimum Gasteiger partial charge on any atom is -0.343 e. The Morgan fingerprint density at radius 3 is 2.62 bits per heavy atom. The van der Waals surface area contributed by atoms with E-state index in [1.54, 1.807) is 0 Å². The zero-order valence-electron chi connectivity index (χ0n) is 14.4. The van der Waals surface area contributed by atoms with Gasteiger partial charge in [0.1, 0.15) is 0 Å². The summed E-state index contributed by atoms with van der Waals surface area (Å²) in [4.78, 5) is 14.5. The Morgan fingerprint density at radius 2 is 1.92 bits per heavy atom. The molecule has 130 valence electrons. The van der Waals surface area contributed by atoms with Gasteiger partial charge in [-0.25, -0.2) is 4.68 Å². The summed E-state index contributed by atoms with van der Waals surface area (Å²) in [6, 6.07) is 0.406. The van der Waals surface area contributed by atoms with E-state index in [0.717, 1.165) is 38.8 Å². The number of nitrogens with zero attached hydrogens (tertiary/aromatic N) is 4. The Labute approximate surface area is 144 Å². The van der Waals surface area contributed by atoms with E-state index in [1.165, 1.54) is 31.4 Å². The fourth-order valence-corrected chi connectivity index (χ4v) is 4.48. The number of allylic oxidation sites excluding steroid dienone is 2. The largest absolute Gasteiger partial charge is 0.343 e. The summed E-state index contributed by atoms with van der Waals surface area (Å²) in [6.07, 6.45) is 16.7. The summed E-state index contributed by atoms with van der Waals surface area (Å²) in [5.41, 5.74) is 1.18. The van der Waals surface area contributed by atoms with Crippen molar-refractivity contribution in [2.24, 2.45) is 5.92 Å². The van der Waals surface area contributed by atoms with E-state index in [-0.39, 0.29) is 0 Å². The molecule has 3 aliphatic rings. The number of carbonyl (C=O) groups excluding carboxylic acids is 1. The molecule has 0 spiro atoms. The van der Waals surface area contributed by atoms with Crippen molar-refractivity contribution in [1.82, 2.24) is 19.9 Å². The number of hydrogen-bond donors (Lipinski definition) is 0. The van der Waals surface area contributed by atoms with Crippen molar-refractivity contribution in [3.05, 3.63) is 24.0 Å². The van der Waals surface area contributed by atoms with E-state index in [1.807, 2.05) is 0 Å². The molecule has 2 heterocycles. The minimum absolute atomic E-state index is 0.329. The lowest BCUT2D eigenvalue weighted by Gasteiger charge is -2.32. The highest BCUT2D eigenvalue weighted by Crippen LogP contribution is 2.33. The maximum atomic E-state index is 12.4. The van der Waals surface area contributed by atoms with Crippen molar-refractivity contribution >= 4 is 5.91 Å². The number of rotatable bonds is 4. The summed E-state index contributed by atoms with van der Waals surface area (Å²) < 4.78 is 2.06. The first-order valence-electron chi connectivity index (χ1n) is 9.66. The number of aromatic nitrogens is 3. The van der Waals surface area contributed by atoms with Crippen molar-refractivity contribution in [3.8, 4) is 0 Å². The van der Waals surface area contributed by atoms with Gasteiger partial charge in [-0.1, -0.05) is 30.2 Å². The lowest BCUT2D eigenvalue weighted by atomic mass is 10.0. The standard InChI is InChI=1S/C19H28N4O/c24-19(13-15-5-1-2-6-15)22-11-9-17(10-12-22)23-14-18(20-21-23)16-7-3-4-8-16/h1,5,14-17H,2-4,6-13H2. The number of amides is 1. The smallest absolute Gasteiger partial charge is 0.223 e. The summed E-state index contributed by atoms with van der Waals surface area (Å²) in [5, 5.41) is 8.81. The van der Waals surface area contributed by atoms with Crippen LogP contribution in [0.3, 0.4) is 0 Å². The Morgan fingerprint density at radius 1 is 1.12 bits per heavy atom. The average molecular weight is 328 g/mol. The molecule has 24 heavy (non-hydrogen) atoms. The van der Waals surface area contributed by atoms with Gasteiger partial charge in [-0.2, -0.15) is 0 Å². The van der Waals surface area contributed by atoms with Crippen molar-refractivity contribution in [1.29, 1.82) is 0 Å². The molecule has 2 aliphatic carbocycles. The molecule has 5 nitrogen and oxygen atoms in total. The van der Waals surface area contributed by atoms with Gasteiger partial charge in [0.2, 0.25) is 5.91 Å². The molecule has 0 radical (unpaired) electrons. The lowest BCUT2D eigenvalue weighted by Crippen LogP contribution is -2.39. The lowest BCUT2D eigenvalue weighted by molar-refractivity contribution is -0.133. The van der Waals surface area contributed by atoms with E-state index in [0.29, 0.717) is 30.2 Å². The Balaban J connectivity index is 1.29. The minimum atomic E-state index is 0.329. The molecule has 1 unspecified atom stereocenters. The summed E-state index contributed by atoms with van der Waals surface area (Å²) >= 11 is 0. The first-order valence-corrected chi connectivity index (χ1v) is 9.66. The van der Waals surface area contributed by atoms with Crippen molar-refractivity contribution in [3.63, 3.8) is 0 Å². The predicted molar refractivity (Wildman–Crippen MR) is 92.6 cm³/mol. The monoisotopic (exact) mass is 328 g/mol. The molecule has 1 aromatic rings. The van der Waals surface area contributed by atoms with Crippen LogP contribution in [0.2, 0.25) is 0 Å². The molecule has 0 bridgehead atoms. The molecule has 1 aliphatic heterocycles. The maximum Gasteiger partial charge on any atom is 0.223 e. The van der Waals surface area contributed by atoms with Crippen LogP contribution < -0.4 is 0 Å². The molecule has 5 heteroatoms. The van der Waals surface area contributed by atoms with Gasteiger partial charge in [-0.15, -0.1) is 5.10 Å². The molecule has 2 fully saturated rings. The summed E-state index contributed by atoms with van der Waals surface area (Å²) in [6.45, 7) is 1.72. The van der Waals surface area contributed by atoms with Gasteiger partial charge >= 0.3 is 0 Å². The third-order valence-electron chi connectivity index (χ3n) is 6.04. The first kappa shape index (κ1) is 15.9. The van der Waals surface area contributed by atoms with E-state index in [9.17, 15) is 4.79 Å². The molecular weight excluding hydrogens is 300 g/mol. The molecule has 1 atom stereocenters. The predicted octanol–water partition coefficient (Wildman–Crippen LogP) is 3.46.